The fraction of sp³-hybridized carbons (Fsp3) is 0.467. The maximum absolute atomic E-state index is 9.38. The molecule has 2 heterocycles. The first-order chi connectivity index (χ1) is 10.1. The highest BCUT2D eigenvalue weighted by atomic mass is 35.5. The zero-order valence-electron chi connectivity index (χ0n) is 11.5. The van der Waals surface area contributed by atoms with Gasteiger partial charge in [0.25, 0.3) is 0 Å². The standard InChI is InChI=1S/C15H17Cl2NO3/c16-12-2-11-1-10(5-21-14(11)13(17)3-12)4-18-6-15(7-19)8-20-9-15/h1-3,18-19H,4-9H2. The van der Waals surface area contributed by atoms with Crippen LogP contribution in [0.15, 0.2) is 17.7 Å². The molecule has 1 saturated heterocycles. The van der Waals surface area contributed by atoms with Crippen molar-refractivity contribution in [2.45, 2.75) is 0 Å². The summed E-state index contributed by atoms with van der Waals surface area (Å²) >= 11 is 12.1. The molecule has 1 aromatic rings. The second kappa shape index (κ2) is 6.15. The molecule has 6 heteroatoms. The Kier molecular flexibility index (Phi) is 4.43. The maximum atomic E-state index is 9.38. The van der Waals surface area contributed by atoms with Gasteiger partial charge in [-0.25, -0.2) is 0 Å². The molecule has 0 aliphatic carbocycles. The molecule has 2 aliphatic heterocycles. The highest BCUT2D eigenvalue weighted by molar-refractivity contribution is 6.36. The number of fused-ring (bicyclic) bond motifs is 1. The van der Waals surface area contributed by atoms with Gasteiger partial charge in [0.15, 0.2) is 0 Å². The van der Waals surface area contributed by atoms with E-state index in [-0.39, 0.29) is 12.0 Å². The van der Waals surface area contributed by atoms with Gasteiger partial charge in [0.05, 0.1) is 30.3 Å². The number of halogens is 2. The summed E-state index contributed by atoms with van der Waals surface area (Å²) in [5.41, 5.74) is 1.90. The highest BCUT2D eigenvalue weighted by Gasteiger charge is 2.37. The molecule has 3 rings (SSSR count). The molecule has 0 saturated carbocycles. The van der Waals surface area contributed by atoms with Crippen molar-refractivity contribution in [2.24, 2.45) is 5.41 Å². The predicted molar refractivity (Wildman–Crippen MR) is 83.1 cm³/mol. The Bertz CT molecular complexity index is 565. The van der Waals surface area contributed by atoms with Crippen LogP contribution in [0.4, 0.5) is 0 Å². The number of hydrogen-bond acceptors (Lipinski definition) is 4. The van der Waals surface area contributed by atoms with E-state index in [0.717, 1.165) is 17.7 Å². The lowest BCUT2D eigenvalue weighted by Crippen LogP contribution is -2.52. The first kappa shape index (κ1) is 15.1. The van der Waals surface area contributed by atoms with Gasteiger partial charge in [-0.15, -0.1) is 0 Å². The third-order valence-corrected chi connectivity index (χ3v) is 4.30. The first-order valence-electron chi connectivity index (χ1n) is 6.82. The molecule has 0 atom stereocenters. The summed E-state index contributed by atoms with van der Waals surface area (Å²) in [7, 11) is 0. The van der Waals surface area contributed by atoms with E-state index in [2.05, 4.69) is 5.32 Å². The Hall–Kier alpha value is -0.780. The number of aliphatic hydroxyl groups excluding tert-OH is 1. The third-order valence-electron chi connectivity index (χ3n) is 3.80. The van der Waals surface area contributed by atoms with Gasteiger partial charge < -0.3 is 19.9 Å². The van der Waals surface area contributed by atoms with Crippen LogP contribution in [0.1, 0.15) is 5.56 Å². The molecule has 21 heavy (non-hydrogen) atoms. The number of aliphatic hydroxyl groups is 1. The number of ether oxygens (including phenoxy) is 2. The lowest BCUT2D eigenvalue weighted by atomic mass is 9.87. The third kappa shape index (κ3) is 3.20. The lowest BCUT2D eigenvalue weighted by molar-refractivity contribution is -0.134. The minimum atomic E-state index is -0.124. The van der Waals surface area contributed by atoms with Crippen LogP contribution in [-0.2, 0) is 4.74 Å². The second-order valence-corrected chi connectivity index (χ2v) is 6.50. The summed E-state index contributed by atoms with van der Waals surface area (Å²) in [4.78, 5) is 0. The van der Waals surface area contributed by atoms with E-state index in [4.69, 9.17) is 32.7 Å². The van der Waals surface area contributed by atoms with Crippen molar-refractivity contribution in [3.05, 3.63) is 33.3 Å². The Morgan fingerprint density at radius 3 is 2.76 bits per heavy atom. The Balaban J connectivity index is 1.63. The number of rotatable bonds is 5. The first-order valence-corrected chi connectivity index (χ1v) is 7.58. The number of benzene rings is 1. The average molecular weight is 330 g/mol. The molecular formula is C15H17Cl2NO3. The summed E-state index contributed by atoms with van der Waals surface area (Å²) < 4.78 is 10.9. The topological polar surface area (TPSA) is 50.7 Å². The van der Waals surface area contributed by atoms with Crippen molar-refractivity contribution in [3.63, 3.8) is 0 Å². The largest absolute Gasteiger partial charge is 0.487 e. The minimum absolute atomic E-state index is 0.124. The van der Waals surface area contributed by atoms with Gasteiger partial charge in [0.2, 0.25) is 0 Å². The van der Waals surface area contributed by atoms with Crippen LogP contribution < -0.4 is 10.1 Å². The second-order valence-electron chi connectivity index (χ2n) is 5.65. The molecule has 4 nitrogen and oxygen atoms in total. The quantitative estimate of drug-likeness (QED) is 0.870. The smallest absolute Gasteiger partial charge is 0.145 e. The van der Waals surface area contributed by atoms with E-state index in [0.29, 0.717) is 42.2 Å². The summed E-state index contributed by atoms with van der Waals surface area (Å²) in [5, 5.41) is 13.9. The van der Waals surface area contributed by atoms with E-state index >= 15 is 0 Å². The van der Waals surface area contributed by atoms with Crippen LogP contribution in [0.3, 0.4) is 0 Å². The van der Waals surface area contributed by atoms with Crippen LogP contribution in [-0.4, -0.2) is 44.6 Å². The van der Waals surface area contributed by atoms with Gasteiger partial charge in [-0.3, -0.25) is 0 Å². The van der Waals surface area contributed by atoms with Crippen LogP contribution >= 0.6 is 23.2 Å². The number of hydrogen-bond donors (Lipinski definition) is 2. The minimum Gasteiger partial charge on any atom is -0.487 e. The molecule has 0 spiro atoms. The fourth-order valence-electron chi connectivity index (χ4n) is 2.50. The molecule has 2 aliphatic rings. The summed E-state index contributed by atoms with van der Waals surface area (Å²) in [6.07, 6.45) is 2.05. The van der Waals surface area contributed by atoms with Gasteiger partial charge in [-0.1, -0.05) is 23.2 Å². The fourth-order valence-corrected chi connectivity index (χ4v) is 3.06. The van der Waals surface area contributed by atoms with Crippen LogP contribution in [0.25, 0.3) is 6.08 Å². The summed E-state index contributed by atoms with van der Waals surface area (Å²) in [6, 6.07) is 3.53. The van der Waals surface area contributed by atoms with E-state index < -0.39 is 0 Å². The Morgan fingerprint density at radius 2 is 2.10 bits per heavy atom. The van der Waals surface area contributed by atoms with Gasteiger partial charge in [0.1, 0.15) is 12.4 Å². The van der Waals surface area contributed by atoms with Crippen molar-refractivity contribution in [1.82, 2.24) is 5.32 Å². The van der Waals surface area contributed by atoms with Gasteiger partial charge >= 0.3 is 0 Å². The summed E-state index contributed by atoms with van der Waals surface area (Å²) in [5.74, 6) is 0.684. The molecule has 0 aromatic heterocycles. The SMILES string of the molecule is OCC1(CNCC2=Cc3cc(Cl)cc(Cl)c3OC2)COC1. The van der Waals surface area contributed by atoms with Crippen molar-refractivity contribution in [3.8, 4) is 5.75 Å². The number of nitrogens with one attached hydrogen (secondary N) is 1. The molecule has 0 amide bonds. The van der Waals surface area contributed by atoms with E-state index in [1.54, 1.807) is 6.07 Å². The van der Waals surface area contributed by atoms with Crippen LogP contribution in [0.5, 0.6) is 5.75 Å². The molecule has 0 unspecified atom stereocenters. The van der Waals surface area contributed by atoms with Crippen molar-refractivity contribution in [2.75, 3.05) is 39.5 Å². The zero-order chi connectivity index (χ0) is 14.9. The maximum Gasteiger partial charge on any atom is 0.145 e. The molecule has 114 valence electrons. The van der Waals surface area contributed by atoms with Crippen LogP contribution in [0.2, 0.25) is 10.0 Å². The predicted octanol–water partition coefficient (Wildman–Crippen LogP) is 2.37. The Morgan fingerprint density at radius 1 is 1.29 bits per heavy atom. The average Bonchev–Trinajstić information content (AvgIpc) is 2.41. The Labute approximate surface area is 133 Å². The van der Waals surface area contributed by atoms with Crippen molar-refractivity contribution in [1.29, 1.82) is 0 Å². The van der Waals surface area contributed by atoms with Crippen molar-refractivity contribution < 1.29 is 14.6 Å². The van der Waals surface area contributed by atoms with E-state index in [9.17, 15) is 5.11 Å². The van der Waals surface area contributed by atoms with Crippen molar-refractivity contribution >= 4 is 29.3 Å². The molecule has 2 N–H and O–H groups in total. The molecule has 0 bridgehead atoms. The highest BCUT2D eigenvalue weighted by Crippen LogP contribution is 2.36. The lowest BCUT2D eigenvalue weighted by Gasteiger charge is -2.40. The van der Waals surface area contributed by atoms with Crippen LogP contribution in [0, 0.1) is 5.41 Å². The molecule has 1 aromatic carbocycles. The summed E-state index contributed by atoms with van der Waals surface area (Å²) in [6.45, 7) is 3.29. The molecule has 1 fully saturated rings. The van der Waals surface area contributed by atoms with Gasteiger partial charge in [0, 0.05) is 23.7 Å². The normalized spacial score (nSPS) is 19.3. The van der Waals surface area contributed by atoms with Gasteiger partial charge in [-0.2, -0.15) is 0 Å². The van der Waals surface area contributed by atoms with E-state index in [1.807, 2.05) is 12.1 Å². The zero-order valence-corrected chi connectivity index (χ0v) is 13.0. The molecule has 0 radical (unpaired) electrons. The van der Waals surface area contributed by atoms with E-state index in [1.165, 1.54) is 0 Å². The van der Waals surface area contributed by atoms with Gasteiger partial charge in [-0.05, 0) is 23.8 Å². The molecular weight excluding hydrogens is 313 g/mol. The monoisotopic (exact) mass is 329 g/mol.